The summed E-state index contributed by atoms with van der Waals surface area (Å²) in [5.74, 6) is 0.141. The number of ether oxygens (including phenoxy) is 2. The topological polar surface area (TPSA) is 47.6 Å². The highest BCUT2D eigenvalue weighted by Gasteiger charge is 2.02. The molecule has 0 aliphatic carbocycles. The van der Waals surface area contributed by atoms with Gasteiger partial charge in [-0.1, -0.05) is 6.07 Å². The lowest BCUT2D eigenvalue weighted by Gasteiger charge is -2.05. The third kappa shape index (κ3) is 4.85. The van der Waals surface area contributed by atoms with Crippen molar-refractivity contribution >= 4 is 17.7 Å². The molecule has 0 bridgehead atoms. The molecule has 0 atom stereocenters. The van der Waals surface area contributed by atoms with Crippen molar-refractivity contribution in [3.05, 3.63) is 59.9 Å². The minimum absolute atomic E-state index is 0.168. The lowest BCUT2D eigenvalue weighted by atomic mass is 10.2. The molecule has 4 nitrogen and oxygen atoms in total. The molecule has 0 saturated heterocycles. The molecule has 120 valence electrons. The number of carbonyl (C=O) groups is 1. The fourth-order valence-electron chi connectivity index (χ4n) is 1.94. The van der Waals surface area contributed by atoms with Crippen molar-refractivity contribution in [2.24, 2.45) is 0 Å². The van der Waals surface area contributed by atoms with Crippen molar-refractivity contribution in [3.63, 3.8) is 0 Å². The first-order chi connectivity index (χ1) is 11.1. The molecule has 0 heterocycles. The zero-order valence-corrected chi connectivity index (χ0v) is 13.0. The highest BCUT2D eigenvalue weighted by atomic mass is 19.1. The van der Waals surface area contributed by atoms with E-state index in [0.717, 1.165) is 5.75 Å². The van der Waals surface area contributed by atoms with Gasteiger partial charge in [0.2, 0.25) is 5.91 Å². The molecule has 0 aliphatic heterocycles. The van der Waals surface area contributed by atoms with Crippen LogP contribution in [0.25, 0.3) is 6.08 Å². The largest absolute Gasteiger partial charge is 0.494 e. The summed E-state index contributed by atoms with van der Waals surface area (Å²) < 4.78 is 23.7. The smallest absolute Gasteiger partial charge is 0.248 e. The molecule has 0 spiro atoms. The number of rotatable bonds is 6. The number of nitrogens with one attached hydrogen (secondary N) is 1. The maximum Gasteiger partial charge on any atom is 0.248 e. The van der Waals surface area contributed by atoms with Crippen LogP contribution < -0.4 is 14.8 Å². The Bertz CT molecular complexity index is 696. The SMILES string of the molecule is CCOc1ccc(NC(=O)/C=C/c2ccc(OC)c(F)c2)cc1. The zero-order chi connectivity index (χ0) is 16.7. The first-order valence-electron chi connectivity index (χ1n) is 7.18. The van der Waals surface area contributed by atoms with Gasteiger partial charge in [0, 0.05) is 11.8 Å². The van der Waals surface area contributed by atoms with Crippen molar-refractivity contribution in [1.82, 2.24) is 0 Å². The predicted molar refractivity (Wildman–Crippen MR) is 88.2 cm³/mol. The number of benzene rings is 2. The molecule has 0 radical (unpaired) electrons. The van der Waals surface area contributed by atoms with E-state index < -0.39 is 5.82 Å². The molecule has 0 aromatic heterocycles. The highest BCUT2D eigenvalue weighted by molar-refractivity contribution is 6.01. The molecular weight excluding hydrogens is 297 g/mol. The van der Waals surface area contributed by atoms with E-state index in [-0.39, 0.29) is 11.7 Å². The quantitative estimate of drug-likeness (QED) is 0.823. The lowest BCUT2D eigenvalue weighted by molar-refractivity contribution is -0.111. The molecule has 0 unspecified atom stereocenters. The third-order valence-corrected chi connectivity index (χ3v) is 3.04. The van der Waals surface area contributed by atoms with Crippen LogP contribution in [-0.4, -0.2) is 19.6 Å². The van der Waals surface area contributed by atoms with Crippen LogP contribution in [-0.2, 0) is 4.79 Å². The summed E-state index contributed by atoms with van der Waals surface area (Å²) in [6, 6.07) is 11.6. The number of hydrogen-bond donors (Lipinski definition) is 1. The van der Waals surface area contributed by atoms with Crippen LogP contribution in [0.3, 0.4) is 0 Å². The highest BCUT2D eigenvalue weighted by Crippen LogP contribution is 2.19. The second kappa shape index (κ2) is 7.98. The second-order valence-electron chi connectivity index (χ2n) is 4.67. The van der Waals surface area contributed by atoms with E-state index in [1.165, 1.54) is 31.4 Å². The van der Waals surface area contributed by atoms with E-state index in [2.05, 4.69) is 5.32 Å². The lowest BCUT2D eigenvalue weighted by Crippen LogP contribution is -2.07. The summed E-state index contributed by atoms with van der Waals surface area (Å²) in [5, 5.41) is 2.72. The van der Waals surface area contributed by atoms with Gasteiger partial charge in [0.05, 0.1) is 13.7 Å². The van der Waals surface area contributed by atoms with Crippen LogP contribution in [0.2, 0.25) is 0 Å². The molecule has 0 fully saturated rings. The van der Waals surface area contributed by atoms with Gasteiger partial charge in [-0.05, 0) is 55.0 Å². The maximum absolute atomic E-state index is 13.6. The summed E-state index contributed by atoms with van der Waals surface area (Å²) in [6.45, 7) is 2.50. The van der Waals surface area contributed by atoms with Gasteiger partial charge in [-0.25, -0.2) is 4.39 Å². The summed E-state index contributed by atoms with van der Waals surface area (Å²) >= 11 is 0. The normalized spacial score (nSPS) is 10.6. The van der Waals surface area contributed by atoms with Gasteiger partial charge in [0.1, 0.15) is 5.75 Å². The van der Waals surface area contributed by atoms with E-state index in [1.807, 2.05) is 6.92 Å². The van der Waals surface area contributed by atoms with Crippen LogP contribution in [0.1, 0.15) is 12.5 Å². The third-order valence-electron chi connectivity index (χ3n) is 3.04. The first-order valence-corrected chi connectivity index (χ1v) is 7.18. The average molecular weight is 315 g/mol. The number of carbonyl (C=O) groups excluding carboxylic acids is 1. The van der Waals surface area contributed by atoms with Crippen molar-refractivity contribution in [1.29, 1.82) is 0 Å². The second-order valence-corrected chi connectivity index (χ2v) is 4.67. The van der Waals surface area contributed by atoms with Crippen molar-refractivity contribution in [3.8, 4) is 11.5 Å². The van der Waals surface area contributed by atoms with E-state index >= 15 is 0 Å². The van der Waals surface area contributed by atoms with Crippen LogP contribution in [0.4, 0.5) is 10.1 Å². The molecule has 1 amide bonds. The fourth-order valence-corrected chi connectivity index (χ4v) is 1.94. The van der Waals surface area contributed by atoms with E-state index in [1.54, 1.807) is 30.3 Å². The molecule has 1 N–H and O–H groups in total. The van der Waals surface area contributed by atoms with Gasteiger partial charge in [-0.2, -0.15) is 0 Å². The number of hydrogen-bond acceptors (Lipinski definition) is 3. The standard InChI is InChI=1S/C18H18FNO3/c1-3-23-15-8-6-14(7-9-15)20-18(21)11-5-13-4-10-17(22-2)16(19)12-13/h4-12H,3H2,1-2H3,(H,20,21)/b11-5+. The van der Waals surface area contributed by atoms with E-state index in [9.17, 15) is 9.18 Å². The summed E-state index contributed by atoms with van der Waals surface area (Å²) in [4.78, 5) is 11.9. The van der Waals surface area contributed by atoms with Crippen molar-refractivity contribution < 1.29 is 18.7 Å². The van der Waals surface area contributed by atoms with Crippen LogP contribution in [0.5, 0.6) is 11.5 Å². The van der Waals surface area contributed by atoms with Crippen LogP contribution in [0, 0.1) is 5.82 Å². The Balaban J connectivity index is 1.97. The summed E-state index contributed by atoms with van der Waals surface area (Å²) in [6.07, 6.45) is 2.88. The Labute approximate surface area is 134 Å². The average Bonchev–Trinajstić information content (AvgIpc) is 2.55. The van der Waals surface area contributed by atoms with Crippen LogP contribution in [0.15, 0.2) is 48.5 Å². The molecule has 5 heteroatoms. The number of anilines is 1. The van der Waals surface area contributed by atoms with Gasteiger partial charge < -0.3 is 14.8 Å². The van der Waals surface area contributed by atoms with Gasteiger partial charge in [0.25, 0.3) is 0 Å². The Morgan fingerprint density at radius 1 is 1.22 bits per heavy atom. The van der Waals surface area contributed by atoms with Crippen molar-refractivity contribution in [2.75, 3.05) is 19.0 Å². The summed E-state index contributed by atoms with van der Waals surface area (Å²) in [7, 11) is 1.40. The zero-order valence-electron chi connectivity index (χ0n) is 13.0. The van der Waals surface area contributed by atoms with Crippen LogP contribution >= 0.6 is 0 Å². The number of amides is 1. The Morgan fingerprint density at radius 3 is 2.57 bits per heavy atom. The predicted octanol–water partition coefficient (Wildman–Crippen LogP) is 3.88. The Morgan fingerprint density at radius 2 is 1.96 bits per heavy atom. The van der Waals surface area contributed by atoms with Crippen molar-refractivity contribution in [2.45, 2.75) is 6.92 Å². The minimum atomic E-state index is -0.471. The Kier molecular flexibility index (Phi) is 5.74. The molecule has 2 aromatic carbocycles. The maximum atomic E-state index is 13.6. The minimum Gasteiger partial charge on any atom is -0.494 e. The Hall–Kier alpha value is -2.82. The monoisotopic (exact) mass is 315 g/mol. The molecule has 0 saturated carbocycles. The molecule has 0 aliphatic rings. The number of methoxy groups -OCH3 is 1. The van der Waals surface area contributed by atoms with Gasteiger partial charge >= 0.3 is 0 Å². The van der Waals surface area contributed by atoms with Gasteiger partial charge in [-0.15, -0.1) is 0 Å². The fraction of sp³-hybridized carbons (Fsp3) is 0.167. The first kappa shape index (κ1) is 16.5. The molecule has 2 aromatic rings. The molecule has 23 heavy (non-hydrogen) atoms. The van der Waals surface area contributed by atoms with E-state index in [0.29, 0.717) is 17.9 Å². The van der Waals surface area contributed by atoms with E-state index in [4.69, 9.17) is 9.47 Å². The summed E-state index contributed by atoms with van der Waals surface area (Å²) in [5.41, 5.74) is 1.23. The number of halogens is 1. The van der Waals surface area contributed by atoms with Gasteiger partial charge in [-0.3, -0.25) is 4.79 Å². The molecular formula is C18H18FNO3. The molecule has 2 rings (SSSR count). The van der Waals surface area contributed by atoms with Gasteiger partial charge in [0.15, 0.2) is 11.6 Å².